The first-order valence-electron chi connectivity index (χ1n) is 4.41. The molecular weight excluding hydrogens is 179 g/mol. The molecule has 0 saturated heterocycles. The molecule has 0 fully saturated rings. The Bertz CT molecular complexity index is 506. The number of halogens is 1. The van der Waals surface area contributed by atoms with Crippen LogP contribution in [0.4, 0.5) is 10.1 Å². The first-order chi connectivity index (χ1) is 6.59. The highest BCUT2D eigenvalue weighted by atomic mass is 19.1. The molecule has 0 bridgehead atoms. The summed E-state index contributed by atoms with van der Waals surface area (Å²) < 4.78 is 13.3. The maximum absolute atomic E-state index is 13.3. The molecule has 2 N–H and O–H groups in total. The Hall–Kier alpha value is -1.64. The summed E-state index contributed by atoms with van der Waals surface area (Å²) in [4.78, 5) is 4.29. The molecule has 2 rings (SSSR count). The van der Waals surface area contributed by atoms with Gasteiger partial charge in [-0.15, -0.1) is 0 Å². The monoisotopic (exact) mass is 190 g/mol. The fourth-order valence-corrected chi connectivity index (χ4v) is 1.52. The molecule has 3 heteroatoms. The number of anilines is 1. The lowest BCUT2D eigenvalue weighted by atomic mass is 10.1. The molecule has 1 aromatic heterocycles. The van der Waals surface area contributed by atoms with E-state index in [0.717, 1.165) is 11.1 Å². The van der Waals surface area contributed by atoms with E-state index in [1.165, 1.54) is 6.07 Å². The third kappa shape index (κ3) is 1.21. The van der Waals surface area contributed by atoms with Crippen molar-refractivity contribution < 1.29 is 4.39 Å². The van der Waals surface area contributed by atoms with Crippen LogP contribution in [-0.2, 0) is 0 Å². The van der Waals surface area contributed by atoms with Crippen molar-refractivity contribution in [3.63, 3.8) is 0 Å². The maximum atomic E-state index is 13.3. The van der Waals surface area contributed by atoms with Gasteiger partial charge in [0.1, 0.15) is 5.82 Å². The molecule has 0 unspecified atom stereocenters. The number of nitrogens with two attached hydrogens (primary N) is 1. The third-order valence-corrected chi connectivity index (χ3v) is 2.35. The molecule has 2 aromatic rings. The van der Waals surface area contributed by atoms with E-state index in [1.807, 2.05) is 19.1 Å². The molecule has 0 aliphatic rings. The Morgan fingerprint density at radius 1 is 1.29 bits per heavy atom. The van der Waals surface area contributed by atoms with Gasteiger partial charge in [0, 0.05) is 11.1 Å². The zero-order valence-electron chi connectivity index (χ0n) is 8.13. The number of hydrogen-bond acceptors (Lipinski definition) is 2. The minimum absolute atomic E-state index is 0.277. The number of nitrogen functional groups attached to an aromatic ring is 1. The van der Waals surface area contributed by atoms with Gasteiger partial charge in [-0.25, -0.2) is 4.39 Å². The van der Waals surface area contributed by atoms with E-state index in [0.29, 0.717) is 16.8 Å². The van der Waals surface area contributed by atoms with Crippen molar-refractivity contribution in [3.8, 4) is 0 Å². The number of rotatable bonds is 0. The molecule has 1 aromatic carbocycles. The summed E-state index contributed by atoms with van der Waals surface area (Å²) in [6.45, 7) is 3.62. The van der Waals surface area contributed by atoms with Crippen LogP contribution in [0.5, 0.6) is 0 Å². The highest BCUT2D eigenvalue weighted by molar-refractivity contribution is 5.91. The van der Waals surface area contributed by atoms with Gasteiger partial charge >= 0.3 is 0 Å². The van der Waals surface area contributed by atoms with Crippen LogP contribution in [0.1, 0.15) is 11.3 Å². The van der Waals surface area contributed by atoms with E-state index >= 15 is 0 Å². The predicted octanol–water partition coefficient (Wildman–Crippen LogP) is 2.57. The number of nitrogens with zero attached hydrogens (tertiary/aromatic N) is 1. The zero-order chi connectivity index (χ0) is 10.3. The Morgan fingerprint density at radius 2 is 2.00 bits per heavy atom. The van der Waals surface area contributed by atoms with Crippen LogP contribution in [0.15, 0.2) is 18.2 Å². The number of pyridine rings is 1. The van der Waals surface area contributed by atoms with E-state index in [2.05, 4.69) is 4.98 Å². The summed E-state index contributed by atoms with van der Waals surface area (Å²) in [5.74, 6) is -0.277. The lowest BCUT2D eigenvalue weighted by Crippen LogP contribution is -1.95. The van der Waals surface area contributed by atoms with Crippen molar-refractivity contribution in [2.75, 3.05) is 5.73 Å². The quantitative estimate of drug-likeness (QED) is 0.648. The molecule has 2 nitrogen and oxygen atoms in total. The predicted molar refractivity (Wildman–Crippen MR) is 55.6 cm³/mol. The summed E-state index contributed by atoms with van der Waals surface area (Å²) in [7, 11) is 0. The van der Waals surface area contributed by atoms with Gasteiger partial charge < -0.3 is 5.73 Å². The molecule has 0 spiro atoms. The minimum atomic E-state index is -0.277. The second kappa shape index (κ2) is 2.94. The Labute approximate surface area is 81.6 Å². The third-order valence-electron chi connectivity index (χ3n) is 2.35. The van der Waals surface area contributed by atoms with Gasteiger partial charge in [-0.1, -0.05) is 6.07 Å². The maximum Gasteiger partial charge on any atom is 0.128 e. The van der Waals surface area contributed by atoms with Gasteiger partial charge in [-0.05, 0) is 31.5 Å². The van der Waals surface area contributed by atoms with Crippen molar-refractivity contribution in [3.05, 3.63) is 35.3 Å². The molecular formula is C11H11FN2. The first-order valence-corrected chi connectivity index (χ1v) is 4.41. The van der Waals surface area contributed by atoms with E-state index in [4.69, 9.17) is 5.73 Å². The first kappa shape index (κ1) is 8.94. The van der Waals surface area contributed by atoms with Crippen molar-refractivity contribution in [2.45, 2.75) is 13.8 Å². The van der Waals surface area contributed by atoms with E-state index in [-0.39, 0.29) is 5.82 Å². The molecule has 0 aliphatic carbocycles. The average Bonchev–Trinajstić information content (AvgIpc) is 2.14. The molecule has 0 radical (unpaired) electrons. The van der Waals surface area contributed by atoms with Crippen LogP contribution >= 0.6 is 0 Å². The number of aromatic nitrogens is 1. The molecule has 0 saturated carbocycles. The standard InChI is InChI=1S/C11H11FN2/c1-6-3-4-8-7(2)9(12)5-10(13)11(8)14-6/h3-5H,13H2,1-2H3. The van der Waals surface area contributed by atoms with Gasteiger partial charge in [0.2, 0.25) is 0 Å². The highest BCUT2D eigenvalue weighted by Crippen LogP contribution is 2.25. The Morgan fingerprint density at radius 3 is 2.71 bits per heavy atom. The fourth-order valence-electron chi connectivity index (χ4n) is 1.52. The topological polar surface area (TPSA) is 38.9 Å². The summed E-state index contributed by atoms with van der Waals surface area (Å²) in [6, 6.07) is 5.03. The molecule has 14 heavy (non-hydrogen) atoms. The van der Waals surface area contributed by atoms with Gasteiger partial charge in [0.25, 0.3) is 0 Å². The Kier molecular flexibility index (Phi) is 1.88. The molecule has 0 amide bonds. The number of benzene rings is 1. The summed E-state index contributed by atoms with van der Waals surface area (Å²) in [5.41, 5.74) is 8.25. The van der Waals surface area contributed by atoms with Crippen LogP contribution in [-0.4, -0.2) is 4.98 Å². The van der Waals surface area contributed by atoms with Crippen molar-refractivity contribution >= 4 is 16.6 Å². The van der Waals surface area contributed by atoms with Crippen LogP contribution in [0.3, 0.4) is 0 Å². The van der Waals surface area contributed by atoms with Crippen molar-refractivity contribution in [2.24, 2.45) is 0 Å². The van der Waals surface area contributed by atoms with Crippen molar-refractivity contribution in [1.82, 2.24) is 4.98 Å². The smallest absolute Gasteiger partial charge is 0.128 e. The molecule has 72 valence electrons. The van der Waals surface area contributed by atoms with Crippen LogP contribution in [0, 0.1) is 19.7 Å². The normalized spacial score (nSPS) is 10.8. The Balaban J connectivity index is 2.94. The lowest BCUT2D eigenvalue weighted by molar-refractivity contribution is 0.621. The molecule has 1 heterocycles. The van der Waals surface area contributed by atoms with Crippen LogP contribution in [0.25, 0.3) is 10.9 Å². The zero-order valence-corrected chi connectivity index (χ0v) is 8.13. The van der Waals surface area contributed by atoms with Gasteiger partial charge in [-0.2, -0.15) is 0 Å². The summed E-state index contributed by atoms with van der Waals surface area (Å²) in [5, 5.41) is 0.785. The SMILES string of the molecule is Cc1ccc2c(C)c(F)cc(N)c2n1. The second-order valence-electron chi connectivity index (χ2n) is 3.42. The minimum Gasteiger partial charge on any atom is -0.397 e. The second-order valence-corrected chi connectivity index (χ2v) is 3.42. The largest absolute Gasteiger partial charge is 0.397 e. The van der Waals surface area contributed by atoms with Gasteiger partial charge in [0.05, 0.1) is 11.2 Å². The van der Waals surface area contributed by atoms with Crippen molar-refractivity contribution in [1.29, 1.82) is 0 Å². The lowest BCUT2D eigenvalue weighted by Gasteiger charge is -2.06. The fraction of sp³-hybridized carbons (Fsp3) is 0.182. The van der Waals surface area contributed by atoms with E-state index < -0.39 is 0 Å². The summed E-state index contributed by atoms with van der Waals surface area (Å²) >= 11 is 0. The van der Waals surface area contributed by atoms with Crippen LogP contribution in [0.2, 0.25) is 0 Å². The number of hydrogen-bond donors (Lipinski definition) is 1. The molecule has 0 atom stereocenters. The number of aryl methyl sites for hydroxylation is 2. The van der Waals surface area contributed by atoms with E-state index in [9.17, 15) is 4.39 Å². The highest BCUT2D eigenvalue weighted by Gasteiger charge is 2.07. The average molecular weight is 190 g/mol. The van der Waals surface area contributed by atoms with E-state index in [1.54, 1.807) is 6.92 Å². The van der Waals surface area contributed by atoms with Crippen LogP contribution < -0.4 is 5.73 Å². The van der Waals surface area contributed by atoms with Gasteiger partial charge in [-0.3, -0.25) is 4.98 Å². The molecule has 0 aliphatic heterocycles. The number of fused-ring (bicyclic) bond motifs is 1. The van der Waals surface area contributed by atoms with Gasteiger partial charge in [0.15, 0.2) is 0 Å². The summed E-state index contributed by atoms with van der Waals surface area (Å²) in [6.07, 6.45) is 0.